The van der Waals surface area contributed by atoms with Crippen molar-refractivity contribution in [3.05, 3.63) is 120 Å². The molecule has 0 saturated heterocycles. The molecule has 4 aromatic rings. The molecule has 0 saturated carbocycles. The van der Waals surface area contributed by atoms with Crippen LogP contribution in [0.3, 0.4) is 0 Å². The van der Waals surface area contributed by atoms with Crippen molar-refractivity contribution in [2.24, 2.45) is 4.99 Å². The highest BCUT2D eigenvalue weighted by atomic mass is 31.1. The molecule has 0 heterocycles. The summed E-state index contributed by atoms with van der Waals surface area (Å²) in [4.78, 5) is 4.24. The van der Waals surface area contributed by atoms with Crippen molar-refractivity contribution in [2.45, 2.75) is 6.18 Å². The van der Waals surface area contributed by atoms with Gasteiger partial charge in [-0.15, -0.1) is 0 Å². The number of nitrogens with zero attached hydrogens (tertiary/aromatic N) is 1. The van der Waals surface area contributed by atoms with Gasteiger partial charge in [-0.05, 0) is 36.0 Å². The maximum absolute atomic E-state index is 13.4. The Labute approximate surface area is 180 Å². The van der Waals surface area contributed by atoms with Gasteiger partial charge in [-0.25, -0.2) is 0 Å². The van der Waals surface area contributed by atoms with E-state index in [4.69, 9.17) is 0 Å². The lowest BCUT2D eigenvalue weighted by atomic mass is 10.1. The largest absolute Gasteiger partial charge is 0.418 e. The van der Waals surface area contributed by atoms with E-state index in [1.807, 2.05) is 60.7 Å². The first-order chi connectivity index (χ1) is 15.0. The second-order valence-electron chi connectivity index (χ2n) is 6.84. The third kappa shape index (κ3) is 4.92. The second-order valence-corrected chi connectivity index (χ2v) is 9.02. The highest BCUT2D eigenvalue weighted by Crippen LogP contribution is 2.37. The van der Waals surface area contributed by atoms with Crippen LogP contribution in [0.5, 0.6) is 0 Å². The minimum absolute atomic E-state index is 0.0893. The van der Waals surface area contributed by atoms with Gasteiger partial charge in [-0.1, -0.05) is 97.1 Å². The molecule has 0 spiro atoms. The number of hydrogen-bond acceptors (Lipinski definition) is 1. The second kappa shape index (κ2) is 9.28. The van der Waals surface area contributed by atoms with Crippen LogP contribution in [0.15, 0.2) is 114 Å². The van der Waals surface area contributed by atoms with Gasteiger partial charge >= 0.3 is 6.18 Å². The van der Waals surface area contributed by atoms with Crippen LogP contribution in [0.25, 0.3) is 0 Å². The Morgan fingerprint density at radius 2 is 1.13 bits per heavy atom. The SMILES string of the molecule is FC(F)(F)c1ccccc1N=Cc1ccccc1P(c1ccccc1)c1ccccc1. The number of aliphatic imine (C=N–C) groups is 1. The molecule has 0 unspecified atom stereocenters. The van der Waals surface area contributed by atoms with Gasteiger partial charge in [0.25, 0.3) is 0 Å². The Morgan fingerprint density at radius 3 is 1.74 bits per heavy atom. The third-order valence-electron chi connectivity index (χ3n) is 4.76. The van der Waals surface area contributed by atoms with Gasteiger partial charge in [0.2, 0.25) is 0 Å². The van der Waals surface area contributed by atoms with E-state index >= 15 is 0 Å². The van der Waals surface area contributed by atoms with Gasteiger partial charge in [0.1, 0.15) is 0 Å². The fourth-order valence-corrected chi connectivity index (χ4v) is 5.77. The van der Waals surface area contributed by atoms with Crippen LogP contribution in [0.2, 0.25) is 0 Å². The van der Waals surface area contributed by atoms with E-state index in [0.29, 0.717) is 0 Å². The van der Waals surface area contributed by atoms with Crippen molar-refractivity contribution in [3.63, 3.8) is 0 Å². The molecule has 0 radical (unpaired) electrons. The predicted octanol–water partition coefficient (Wildman–Crippen LogP) is 6.21. The molecular weight excluding hydrogens is 414 g/mol. The first-order valence-electron chi connectivity index (χ1n) is 9.73. The molecular formula is C26H19F3NP. The zero-order valence-electron chi connectivity index (χ0n) is 16.5. The summed E-state index contributed by atoms with van der Waals surface area (Å²) >= 11 is 0. The molecule has 5 heteroatoms. The number of alkyl halides is 3. The minimum atomic E-state index is -4.45. The average Bonchev–Trinajstić information content (AvgIpc) is 2.80. The van der Waals surface area contributed by atoms with Crippen molar-refractivity contribution in [2.75, 3.05) is 0 Å². The Hall–Kier alpha value is -3.23. The van der Waals surface area contributed by atoms with Crippen molar-refractivity contribution >= 4 is 35.7 Å². The van der Waals surface area contributed by atoms with Gasteiger partial charge < -0.3 is 0 Å². The highest BCUT2D eigenvalue weighted by Gasteiger charge is 2.33. The first-order valence-corrected chi connectivity index (χ1v) is 11.1. The van der Waals surface area contributed by atoms with Gasteiger partial charge in [-0.3, -0.25) is 4.99 Å². The molecule has 0 aliphatic carbocycles. The van der Waals surface area contributed by atoms with E-state index in [9.17, 15) is 13.2 Å². The topological polar surface area (TPSA) is 12.4 Å². The molecule has 31 heavy (non-hydrogen) atoms. The van der Waals surface area contributed by atoms with Crippen LogP contribution in [0.4, 0.5) is 18.9 Å². The molecule has 0 amide bonds. The van der Waals surface area contributed by atoms with Gasteiger partial charge in [0.15, 0.2) is 0 Å². The summed E-state index contributed by atoms with van der Waals surface area (Å²) in [5.41, 5.74) is -0.0241. The Kier molecular flexibility index (Phi) is 6.29. The molecule has 0 fully saturated rings. The molecule has 0 bridgehead atoms. The van der Waals surface area contributed by atoms with E-state index in [-0.39, 0.29) is 5.69 Å². The standard InChI is InChI=1S/C26H19F3NP/c27-26(28,29)23-16-8-9-17-24(23)30-19-20-11-7-10-18-25(20)31(21-12-3-1-4-13-21)22-14-5-2-6-15-22/h1-19H. The van der Waals surface area contributed by atoms with Crippen molar-refractivity contribution in [3.8, 4) is 0 Å². The van der Waals surface area contributed by atoms with Gasteiger partial charge in [0, 0.05) is 11.8 Å². The summed E-state index contributed by atoms with van der Waals surface area (Å²) in [5, 5.41) is 3.38. The molecule has 154 valence electrons. The summed E-state index contributed by atoms with van der Waals surface area (Å²) in [6.07, 6.45) is -2.91. The minimum Gasteiger partial charge on any atom is -0.256 e. The number of rotatable bonds is 5. The van der Waals surface area contributed by atoms with E-state index in [1.54, 1.807) is 12.3 Å². The summed E-state index contributed by atoms with van der Waals surface area (Å²) < 4.78 is 40.1. The van der Waals surface area contributed by atoms with E-state index in [2.05, 4.69) is 29.3 Å². The highest BCUT2D eigenvalue weighted by molar-refractivity contribution is 7.80. The maximum Gasteiger partial charge on any atom is 0.418 e. The summed E-state index contributed by atoms with van der Waals surface area (Å²) in [6, 6.07) is 33.5. The molecule has 0 N–H and O–H groups in total. The Morgan fingerprint density at radius 1 is 0.613 bits per heavy atom. The Balaban J connectivity index is 1.81. The van der Waals surface area contributed by atoms with Crippen molar-refractivity contribution in [1.82, 2.24) is 0 Å². The Bertz CT molecular complexity index is 1130. The molecule has 0 atom stereocenters. The van der Waals surface area contributed by atoms with Crippen molar-refractivity contribution in [1.29, 1.82) is 0 Å². The van der Waals surface area contributed by atoms with E-state index < -0.39 is 19.7 Å². The lowest BCUT2D eigenvalue weighted by Crippen LogP contribution is -2.23. The predicted molar refractivity (Wildman–Crippen MR) is 124 cm³/mol. The molecule has 4 rings (SSSR count). The van der Waals surface area contributed by atoms with E-state index in [1.165, 1.54) is 22.7 Å². The smallest absolute Gasteiger partial charge is 0.256 e. The summed E-state index contributed by atoms with van der Waals surface area (Å²) in [5.74, 6) is 0. The van der Waals surface area contributed by atoms with Crippen LogP contribution in [-0.2, 0) is 6.18 Å². The molecule has 1 nitrogen and oxygen atoms in total. The van der Waals surface area contributed by atoms with Crippen LogP contribution < -0.4 is 15.9 Å². The zero-order valence-corrected chi connectivity index (χ0v) is 17.4. The van der Waals surface area contributed by atoms with Crippen LogP contribution in [0.1, 0.15) is 11.1 Å². The molecule has 4 aromatic carbocycles. The average molecular weight is 433 g/mol. The number of benzene rings is 4. The third-order valence-corrected chi connectivity index (χ3v) is 7.28. The van der Waals surface area contributed by atoms with Gasteiger partial charge in [0.05, 0.1) is 11.3 Å². The number of hydrogen-bond donors (Lipinski definition) is 0. The number of para-hydroxylation sites is 1. The lowest BCUT2D eigenvalue weighted by Gasteiger charge is -2.21. The first kappa shape index (κ1) is 21.0. The zero-order chi connectivity index (χ0) is 21.7. The van der Waals surface area contributed by atoms with Crippen LogP contribution in [0, 0.1) is 0 Å². The molecule has 0 aliphatic heterocycles. The molecule has 0 aliphatic rings. The quantitative estimate of drug-likeness (QED) is 0.262. The van der Waals surface area contributed by atoms with Crippen LogP contribution >= 0.6 is 7.92 Å². The monoisotopic (exact) mass is 433 g/mol. The van der Waals surface area contributed by atoms with Crippen molar-refractivity contribution < 1.29 is 13.2 Å². The van der Waals surface area contributed by atoms with Crippen LogP contribution in [-0.4, -0.2) is 6.21 Å². The fourth-order valence-electron chi connectivity index (χ4n) is 3.35. The summed E-state index contributed by atoms with van der Waals surface area (Å²) in [7, 11) is -0.891. The maximum atomic E-state index is 13.4. The van der Waals surface area contributed by atoms with E-state index in [0.717, 1.165) is 16.9 Å². The normalized spacial score (nSPS) is 11.9. The van der Waals surface area contributed by atoms with Gasteiger partial charge in [-0.2, -0.15) is 13.2 Å². The lowest BCUT2D eigenvalue weighted by molar-refractivity contribution is -0.137. The molecule has 0 aromatic heterocycles. The fraction of sp³-hybridized carbons (Fsp3) is 0.0385. The number of halogens is 3. The summed E-state index contributed by atoms with van der Waals surface area (Å²) in [6.45, 7) is 0.